The monoisotopic (exact) mass is 252 g/mol. The van der Waals surface area contributed by atoms with Crippen LogP contribution in [0, 0.1) is 0 Å². The molecule has 0 aliphatic heterocycles. The molecule has 4 N–H and O–H groups in total. The maximum atomic E-state index is 11.7. The van der Waals surface area contributed by atoms with E-state index in [2.05, 4.69) is 5.32 Å². The summed E-state index contributed by atoms with van der Waals surface area (Å²) in [6, 6.07) is 7.17. The number of phenols is 1. The molecule has 2 aromatic rings. The molecule has 0 saturated heterocycles. The number of halogens is 1. The van der Waals surface area contributed by atoms with Gasteiger partial charge in [0.1, 0.15) is 5.75 Å². The fraction of sp³-hybridized carbons (Fsp3) is 0. The highest BCUT2D eigenvalue weighted by molar-refractivity contribution is 6.29. The molecule has 0 radical (unpaired) electrons. The summed E-state index contributed by atoms with van der Waals surface area (Å²) in [5.41, 5.74) is 6.27. The van der Waals surface area contributed by atoms with E-state index in [4.69, 9.17) is 26.9 Å². The number of carbonyl (C=O) groups excluding carboxylic acids is 1. The van der Waals surface area contributed by atoms with Crippen LogP contribution in [0.1, 0.15) is 10.6 Å². The number of amides is 1. The zero-order valence-electron chi connectivity index (χ0n) is 8.61. The molecule has 5 nitrogen and oxygen atoms in total. The Morgan fingerprint density at radius 2 is 2.12 bits per heavy atom. The predicted octanol–water partition coefficient (Wildman–Crippen LogP) is 2.47. The fourth-order valence-electron chi connectivity index (χ4n) is 1.28. The Morgan fingerprint density at radius 3 is 2.71 bits per heavy atom. The van der Waals surface area contributed by atoms with Crippen LogP contribution in [0.3, 0.4) is 0 Å². The van der Waals surface area contributed by atoms with Gasteiger partial charge in [0.2, 0.25) is 0 Å². The number of nitrogen functional groups attached to an aromatic ring is 1. The predicted molar refractivity (Wildman–Crippen MR) is 64.2 cm³/mol. The Labute approximate surface area is 102 Å². The van der Waals surface area contributed by atoms with Crippen LogP contribution < -0.4 is 11.1 Å². The van der Waals surface area contributed by atoms with Crippen molar-refractivity contribution in [3.8, 4) is 5.75 Å². The van der Waals surface area contributed by atoms with Crippen molar-refractivity contribution in [1.82, 2.24) is 0 Å². The molecule has 0 atom stereocenters. The van der Waals surface area contributed by atoms with Crippen molar-refractivity contribution in [2.45, 2.75) is 0 Å². The Balaban J connectivity index is 2.18. The van der Waals surface area contributed by atoms with Crippen molar-refractivity contribution in [2.24, 2.45) is 0 Å². The summed E-state index contributed by atoms with van der Waals surface area (Å²) in [5, 5.41) is 11.8. The first kappa shape index (κ1) is 11.3. The van der Waals surface area contributed by atoms with Crippen molar-refractivity contribution in [3.63, 3.8) is 0 Å². The molecule has 0 spiro atoms. The highest BCUT2D eigenvalue weighted by Crippen LogP contribution is 2.24. The molecule has 88 valence electrons. The van der Waals surface area contributed by atoms with Crippen molar-refractivity contribution in [3.05, 3.63) is 41.3 Å². The van der Waals surface area contributed by atoms with E-state index in [1.54, 1.807) is 0 Å². The molecule has 1 aromatic heterocycles. The van der Waals surface area contributed by atoms with Crippen molar-refractivity contribution < 1.29 is 14.3 Å². The van der Waals surface area contributed by atoms with Crippen LogP contribution in [0.4, 0.5) is 11.4 Å². The lowest BCUT2D eigenvalue weighted by atomic mass is 10.2. The molecular formula is C11H9ClN2O3. The Hall–Kier alpha value is -2.14. The third-order valence-corrected chi connectivity index (χ3v) is 2.28. The minimum absolute atomic E-state index is 0.0292. The molecule has 2 rings (SSSR count). The topological polar surface area (TPSA) is 88.5 Å². The average molecular weight is 253 g/mol. The molecule has 0 bridgehead atoms. The maximum Gasteiger partial charge on any atom is 0.291 e. The van der Waals surface area contributed by atoms with Gasteiger partial charge in [-0.05, 0) is 35.9 Å². The zero-order chi connectivity index (χ0) is 12.4. The number of nitrogens with two attached hydrogens (primary N) is 1. The van der Waals surface area contributed by atoms with Crippen LogP contribution in [0.5, 0.6) is 5.75 Å². The summed E-state index contributed by atoms with van der Waals surface area (Å²) in [6.45, 7) is 0. The quantitative estimate of drug-likeness (QED) is 0.566. The standard InChI is InChI=1S/C11H9ClN2O3/c12-10-4-3-9(17-10)11(16)14-8-2-1-6(15)5-7(8)13/h1-5,15H,13H2,(H,14,16). The van der Waals surface area contributed by atoms with Crippen LogP contribution in [0.25, 0.3) is 0 Å². The van der Waals surface area contributed by atoms with E-state index in [1.165, 1.54) is 30.3 Å². The first-order chi connectivity index (χ1) is 8.06. The van der Waals surface area contributed by atoms with E-state index in [1.807, 2.05) is 0 Å². The number of aromatic hydroxyl groups is 1. The van der Waals surface area contributed by atoms with Gasteiger partial charge < -0.3 is 20.6 Å². The van der Waals surface area contributed by atoms with Crippen LogP contribution in [0.2, 0.25) is 5.22 Å². The largest absolute Gasteiger partial charge is 0.508 e. The number of hydrogen-bond donors (Lipinski definition) is 3. The van der Waals surface area contributed by atoms with Gasteiger partial charge in [-0.3, -0.25) is 4.79 Å². The summed E-state index contributed by atoms with van der Waals surface area (Å²) >= 11 is 5.56. The number of nitrogens with one attached hydrogen (secondary N) is 1. The van der Waals surface area contributed by atoms with Gasteiger partial charge in [-0.1, -0.05) is 0 Å². The van der Waals surface area contributed by atoms with Crippen LogP contribution >= 0.6 is 11.6 Å². The summed E-state index contributed by atoms with van der Waals surface area (Å²) < 4.78 is 4.94. The van der Waals surface area contributed by atoms with Gasteiger partial charge >= 0.3 is 0 Å². The van der Waals surface area contributed by atoms with Gasteiger partial charge in [-0.25, -0.2) is 0 Å². The highest BCUT2D eigenvalue weighted by atomic mass is 35.5. The SMILES string of the molecule is Nc1cc(O)ccc1NC(=O)c1ccc(Cl)o1. The summed E-state index contributed by atoms with van der Waals surface area (Å²) in [5.74, 6) is -0.349. The lowest BCUT2D eigenvalue weighted by Gasteiger charge is -2.06. The second-order valence-corrected chi connectivity index (χ2v) is 3.70. The summed E-state index contributed by atoms with van der Waals surface area (Å²) in [6.07, 6.45) is 0. The minimum atomic E-state index is -0.464. The van der Waals surface area contributed by atoms with E-state index in [9.17, 15) is 4.79 Å². The maximum absolute atomic E-state index is 11.7. The third-order valence-electron chi connectivity index (χ3n) is 2.08. The second kappa shape index (κ2) is 4.39. The minimum Gasteiger partial charge on any atom is -0.508 e. The van der Waals surface area contributed by atoms with E-state index in [0.717, 1.165) is 0 Å². The Kier molecular flexibility index (Phi) is 2.93. The van der Waals surface area contributed by atoms with Crippen molar-refractivity contribution in [2.75, 3.05) is 11.1 Å². The molecule has 0 aliphatic carbocycles. The van der Waals surface area contributed by atoms with Gasteiger partial charge in [-0.15, -0.1) is 0 Å². The Bertz CT molecular complexity index is 566. The number of carbonyl (C=O) groups is 1. The first-order valence-corrected chi connectivity index (χ1v) is 5.09. The number of phenolic OH excluding ortho intramolecular Hbond substituents is 1. The molecule has 0 unspecified atom stereocenters. The first-order valence-electron chi connectivity index (χ1n) is 4.71. The normalized spacial score (nSPS) is 10.2. The third kappa shape index (κ3) is 2.51. The van der Waals surface area contributed by atoms with Gasteiger partial charge in [0, 0.05) is 6.07 Å². The Morgan fingerprint density at radius 1 is 1.35 bits per heavy atom. The van der Waals surface area contributed by atoms with Gasteiger partial charge in [0.25, 0.3) is 5.91 Å². The second-order valence-electron chi connectivity index (χ2n) is 3.33. The van der Waals surface area contributed by atoms with Crippen LogP contribution in [-0.2, 0) is 0 Å². The number of benzene rings is 1. The van der Waals surface area contributed by atoms with Crippen molar-refractivity contribution >= 4 is 28.9 Å². The average Bonchev–Trinajstić information content (AvgIpc) is 2.69. The molecule has 1 heterocycles. The van der Waals surface area contributed by atoms with Gasteiger partial charge in [0.15, 0.2) is 11.0 Å². The molecule has 0 fully saturated rings. The molecule has 17 heavy (non-hydrogen) atoms. The van der Waals surface area contributed by atoms with Gasteiger partial charge in [0.05, 0.1) is 11.4 Å². The van der Waals surface area contributed by atoms with E-state index < -0.39 is 5.91 Å². The van der Waals surface area contributed by atoms with E-state index in [0.29, 0.717) is 5.69 Å². The van der Waals surface area contributed by atoms with E-state index >= 15 is 0 Å². The molecule has 6 heteroatoms. The molecule has 0 saturated carbocycles. The van der Waals surface area contributed by atoms with Crippen LogP contribution in [-0.4, -0.2) is 11.0 Å². The van der Waals surface area contributed by atoms with Crippen molar-refractivity contribution in [1.29, 1.82) is 0 Å². The summed E-state index contributed by atoms with van der Waals surface area (Å²) in [7, 11) is 0. The highest BCUT2D eigenvalue weighted by Gasteiger charge is 2.12. The molecular weight excluding hydrogens is 244 g/mol. The number of furan rings is 1. The fourth-order valence-corrected chi connectivity index (χ4v) is 1.43. The number of rotatable bonds is 2. The molecule has 1 aromatic carbocycles. The van der Waals surface area contributed by atoms with Gasteiger partial charge in [-0.2, -0.15) is 0 Å². The lowest BCUT2D eigenvalue weighted by molar-refractivity contribution is 0.0997. The zero-order valence-corrected chi connectivity index (χ0v) is 9.36. The molecule has 1 amide bonds. The molecule has 0 aliphatic rings. The van der Waals surface area contributed by atoms with Crippen LogP contribution in [0.15, 0.2) is 34.7 Å². The number of anilines is 2. The lowest BCUT2D eigenvalue weighted by Crippen LogP contribution is -2.12. The smallest absolute Gasteiger partial charge is 0.291 e. The number of hydrogen-bond acceptors (Lipinski definition) is 4. The summed E-state index contributed by atoms with van der Waals surface area (Å²) in [4.78, 5) is 11.7. The van der Waals surface area contributed by atoms with E-state index in [-0.39, 0.29) is 22.4 Å².